The van der Waals surface area contributed by atoms with E-state index in [-0.39, 0.29) is 0 Å². The Hall–Kier alpha value is -0.900. The number of piperazine rings is 1. The fourth-order valence-corrected chi connectivity index (χ4v) is 3.11. The molecule has 2 rings (SSSR count). The maximum atomic E-state index is 3.53. The summed E-state index contributed by atoms with van der Waals surface area (Å²) in [5, 5.41) is 3.53. The maximum absolute atomic E-state index is 3.53. The summed E-state index contributed by atoms with van der Waals surface area (Å²) in [6, 6.07) is 12.1. The minimum Gasteiger partial charge on any atom is -0.315 e. The summed E-state index contributed by atoms with van der Waals surface area (Å²) in [6.07, 6.45) is 1.23. The summed E-state index contributed by atoms with van der Waals surface area (Å²) < 4.78 is 0. The molecule has 2 atom stereocenters. The van der Waals surface area contributed by atoms with Crippen LogP contribution in [0.1, 0.15) is 31.9 Å². The van der Waals surface area contributed by atoms with Gasteiger partial charge in [0, 0.05) is 38.3 Å². The lowest BCUT2D eigenvalue weighted by atomic mass is 10.0. The van der Waals surface area contributed by atoms with Crippen molar-refractivity contribution < 1.29 is 0 Å². The van der Waals surface area contributed by atoms with Crippen LogP contribution in [0.3, 0.4) is 0 Å². The molecule has 0 aromatic heterocycles. The number of benzene rings is 1. The van der Waals surface area contributed by atoms with Crippen LogP contribution in [0.2, 0.25) is 0 Å². The van der Waals surface area contributed by atoms with Crippen molar-refractivity contribution >= 4 is 0 Å². The fraction of sp³-hybridized carbons (Fsp3) is 0.647. The monoisotopic (exact) mass is 275 g/mol. The van der Waals surface area contributed by atoms with Crippen molar-refractivity contribution in [2.45, 2.75) is 32.4 Å². The van der Waals surface area contributed by atoms with Gasteiger partial charge in [-0.15, -0.1) is 0 Å². The molecule has 0 aliphatic carbocycles. The fourth-order valence-electron chi connectivity index (χ4n) is 3.11. The van der Waals surface area contributed by atoms with E-state index in [1.54, 1.807) is 0 Å². The van der Waals surface area contributed by atoms with E-state index in [9.17, 15) is 0 Å². The summed E-state index contributed by atoms with van der Waals surface area (Å²) in [4.78, 5) is 5.16. The molecule has 1 aliphatic heterocycles. The molecule has 112 valence electrons. The van der Waals surface area contributed by atoms with E-state index in [1.807, 2.05) is 0 Å². The highest BCUT2D eigenvalue weighted by Gasteiger charge is 2.28. The Morgan fingerprint density at radius 2 is 1.95 bits per heavy atom. The molecule has 3 heteroatoms. The van der Waals surface area contributed by atoms with Gasteiger partial charge in [0.1, 0.15) is 0 Å². The second kappa shape index (κ2) is 7.77. The first kappa shape index (κ1) is 15.5. The maximum Gasteiger partial charge on any atom is 0.0473 e. The van der Waals surface area contributed by atoms with Gasteiger partial charge in [0.05, 0.1) is 0 Å². The lowest BCUT2D eigenvalue weighted by Gasteiger charge is -2.43. The van der Waals surface area contributed by atoms with Crippen molar-refractivity contribution in [1.82, 2.24) is 15.1 Å². The Labute approximate surface area is 124 Å². The zero-order valence-electron chi connectivity index (χ0n) is 13.2. The Bertz CT molecular complexity index is 379. The number of hydrogen-bond donors (Lipinski definition) is 1. The molecule has 0 saturated carbocycles. The van der Waals surface area contributed by atoms with E-state index in [0.717, 1.165) is 19.6 Å². The number of rotatable bonds is 6. The van der Waals surface area contributed by atoms with Crippen molar-refractivity contribution in [2.75, 3.05) is 39.8 Å². The molecule has 1 aromatic carbocycles. The average molecular weight is 275 g/mol. The van der Waals surface area contributed by atoms with E-state index in [2.05, 4.69) is 66.3 Å². The van der Waals surface area contributed by atoms with Crippen LogP contribution in [0.4, 0.5) is 0 Å². The van der Waals surface area contributed by atoms with Gasteiger partial charge in [0.25, 0.3) is 0 Å². The van der Waals surface area contributed by atoms with E-state index in [1.165, 1.54) is 25.1 Å². The first-order valence-corrected chi connectivity index (χ1v) is 7.96. The van der Waals surface area contributed by atoms with Gasteiger partial charge in [-0.05, 0) is 25.6 Å². The van der Waals surface area contributed by atoms with E-state index in [4.69, 9.17) is 0 Å². The molecular weight excluding hydrogens is 246 g/mol. The van der Waals surface area contributed by atoms with Gasteiger partial charge in [-0.3, -0.25) is 4.90 Å². The van der Waals surface area contributed by atoms with Crippen LogP contribution >= 0.6 is 0 Å². The van der Waals surface area contributed by atoms with Gasteiger partial charge < -0.3 is 10.2 Å². The highest BCUT2D eigenvalue weighted by Crippen LogP contribution is 2.23. The van der Waals surface area contributed by atoms with E-state index < -0.39 is 0 Å². The largest absolute Gasteiger partial charge is 0.315 e. The molecule has 0 bridgehead atoms. The number of nitrogens with zero attached hydrogens (tertiary/aromatic N) is 2. The SMILES string of the molecule is CCNCC(c1ccccc1)N1CCN(C)C(CC)C1. The Morgan fingerprint density at radius 3 is 2.60 bits per heavy atom. The first-order valence-electron chi connectivity index (χ1n) is 7.96. The Morgan fingerprint density at radius 1 is 1.20 bits per heavy atom. The quantitative estimate of drug-likeness (QED) is 0.860. The van der Waals surface area contributed by atoms with Gasteiger partial charge in [-0.1, -0.05) is 44.2 Å². The minimum absolute atomic E-state index is 0.499. The van der Waals surface area contributed by atoms with Crippen molar-refractivity contribution in [3.63, 3.8) is 0 Å². The number of hydrogen-bond acceptors (Lipinski definition) is 3. The first-order chi connectivity index (χ1) is 9.76. The van der Waals surface area contributed by atoms with E-state index >= 15 is 0 Å². The van der Waals surface area contributed by atoms with Crippen LogP contribution in [0.25, 0.3) is 0 Å². The van der Waals surface area contributed by atoms with Crippen molar-refractivity contribution in [1.29, 1.82) is 0 Å². The average Bonchev–Trinajstić information content (AvgIpc) is 2.50. The van der Waals surface area contributed by atoms with Gasteiger partial charge in [0.2, 0.25) is 0 Å². The van der Waals surface area contributed by atoms with Gasteiger partial charge in [-0.2, -0.15) is 0 Å². The molecule has 0 spiro atoms. The van der Waals surface area contributed by atoms with Crippen LogP contribution in [-0.4, -0.2) is 55.6 Å². The lowest BCUT2D eigenvalue weighted by Crippen LogP contribution is -2.53. The molecule has 2 unspecified atom stereocenters. The Balaban J connectivity index is 2.10. The summed E-state index contributed by atoms with van der Waals surface area (Å²) >= 11 is 0. The molecule has 20 heavy (non-hydrogen) atoms. The zero-order chi connectivity index (χ0) is 14.4. The van der Waals surface area contributed by atoms with Crippen LogP contribution in [-0.2, 0) is 0 Å². The highest BCUT2D eigenvalue weighted by atomic mass is 15.3. The van der Waals surface area contributed by atoms with Crippen LogP contribution in [0.5, 0.6) is 0 Å². The van der Waals surface area contributed by atoms with Crippen molar-refractivity contribution in [3.05, 3.63) is 35.9 Å². The van der Waals surface area contributed by atoms with Crippen LogP contribution in [0, 0.1) is 0 Å². The lowest BCUT2D eigenvalue weighted by molar-refractivity contribution is 0.0618. The molecule has 0 radical (unpaired) electrons. The van der Waals surface area contributed by atoms with E-state index in [0.29, 0.717) is 12.1 Å². The predicted molar refractivity (Wildman–Crippen MR) is 86.0 cm³/mol. The molecule has 1 saturated heterocycles. The van der Waals surface area contributed by atoms with Crippen LogP contribution in [0.15, 0.2) is 30.3 Å². The summed E-state index contributed by atoms with van der Waals surface area (Å²) in [6.45, 7) is 10.1. The third kappa shape index (κ3) is 3.81. The third-order valence-electron chi connectivity index (χ3n) is 4.49. The normalized spacial score (nSPS) is 22.9. The second-order valence-electron chi connectivity index (χ2n) is 5.77. The molecule has 1 fully saturated rings. The topological polar surface area (TPSA) is 18.5 Å². The molecular formula is C17H29N3. The van der Waals surface area contributed by atoms with Gasteiger partial charge >= 0.3 is 0 Å². The molecule has 3 nitrogen and oxygen atoms in total. The minimum atomic E-state index is 0.499. The van der Waals surface area contributed by atoms with Gasteiger partial charge in [0.15, 0.2) is 0 Å². The second-order valence-corrected chi connectivity index (χ2v) is 5.77. The Kier molecular flexibility index (Phi) is 6.02. The highest BCUT2D eigenvalue weighted by molar-refractivity contribution is 5.19. The smallest absolute Gasteiger partial charge is 0.0473 e. The third-order valence-corrected chi connectivity index (χ3v) is 4.49. The molecule has 0 amide bonds. The molecule has 1 aliphatic rings. The number of likely N-dealkylation sites (N-methyl/N-ethyl adjacent to an activating group) is 2. The van der Waals surface area contributed by atoms with Crippen molar-refractivity contribution in [3.8, 4) is 0 Å². The molecule has 1 aromatic rings. The predicted octanol–water partition coefficient (Wildman–Crippen LogP) is 2.36. The van der Waals surface area contributed by atoms with Gasteiger partial charge in [-0.25, -0.2) is 0 Å². The van der Waals surface area contributed by atoms with Crippen molar-refractivity contribution in [2.24, 2.45) is 0 Å². The summed E-state index contributed by atoms with van der Waals surface area (Å²) in [5.41, 5.74) is 1.44. The standard InChI is InChI=1S/C17H29N3/c1-4-16-14-20(12-11-19(16)3)17(13-18-5-2)15-9-7-6-8-10-15/h6-10,16-18H,4-5,11-14H2,1-3H3. The summed E-state index contributed by atoms with van der Waals surface area (Å²) in [5.74, 6) is 0. The van der Waals surface area contributed by atoms with Crippen LogP contribution < -0.4 is 5.32 Å². The summed E-state index contributed by atoms with van der Waals surface area (Å²) in [7, 11) is 2.26. The molecule has 1 heterocycles. The zero-order valence-corrected chi connectivity index (χ0v) is 13.2. The number of nitrogens with one attached hydrogen (secondary N) is 1. The molecule has 1 N–H and O–H groups in total.